The SMILES string of the molecule is CC(C)C(C(=O)NCc1ccccc1)C(=O)C(NC(=O)[C@@H](N)C(C)C)C(F)(F)C(O)C(CC1CCCCC1)NC(=O)[C@H](Cc1ccccc1)NC(=O)OC(C)(C)C. The Kier molecular flexibility index (Phi) is 17.6. The molecule has 1 aliphatic rings. The van der Waals surface area contributed by atoms with Crippen LogP contribution in [-0.4, -0.2) is 76.5 Å². The first-order valence-corrected chi connectivity index (χ1v) is 20.0. The molecule has 4 amide bonds. The lowest BCUT2D eigenvalue weighted by Gasteiger charge is -2.38. The number of alkyl carbamates (subject to hydrolysis) is 1. The van der Waals surface area contributed by atoms with Crippen LogP contribution >= 0.6 is 0 Å². The Hall–Kier alpha value is -4.43. The minimum absolute atomic E-state index is 0.0153. The van der Waals surface area contributed by atoms with Crippen molar-refractivity contribution >= 4 is 29.6 Å². The molecule has 0 heterocycles. The van der Waals surface area contributed by atoms with E-state index in [-0.39, 0.29) is 25.3 Å². The van der Waals surface area contributed by atoms with Gasteiger partial charge in [-0.05, 0) is 56.1 Å². The monoisotopic (exact) mass is 799 g/mol. The number of amides is 4. The van der Waals surface area contributed by atoms with Gasteiger partial charge in [0.15, 0.2) is 11.8 Å². The van der Waals surface area contributed by atoms with Gasteiger partial charge in [-0.1, -0.05) is 120 Å². The van der Waals surface area contributed by atoms with Crippen LogP contribution in [0.2, 0.25) is 0 Å². The van der Waals surface area contributed by atoms with E-state index in [9.17, 15) is 29.1 Å². The van der Waals surface area contributed by atoms with Crippen LogP contribution in [0, 0.1) is 23.7 Å². The number of benzene rings is 2. The Labute approximate surface area is 335 Å². The molecule has 12 nitrogen and oxygen atoms in total. The first-order valence-electron chi connectivity index (χ1n) is 20.0. The zero-order valence-electron chi connectivity index (χ0n) is 34.4. The summed E-state index contributed by atoms with van der Waals surface area (Å²) in [7, 11) is 0. The van der Waals surface area contributed by atoms with Gasteiger partial charge in [-0.2, -0.15) is 0 Å². The molecule has 1 fully saturated rings. The molecule has 2 aromatic carbocycles. The van der Waals surface area contributed by atoms with Gasteiger partial charge in [0.2, 0.25) is 17.7 Å². The van der Waals surface area contributed by atoms with Crippen LogP contribution in [0.1, 0.15) is 98.1 Å². The molecule has 316 valence electrons. The molecule has 1 saturated carbocycles. The van der Waals surface area contributed by atoms with Gasteiger partial charge < -0.3 is 36.8 Å². The first-order chi connectivity index (χ1) is 26.7. The van der Waals surface area contributed by atoms with Crippen LogP contribution in [0.4, 0.5) is 13.6 Å². The van der Waals surface area contributed by atoms with Gasteiger partial charge in [0.05, 0.1) is 12.1 Å². The first kappa shape index (κ1) is 46.9. The number of aliphatic hydroxyl groups excluding tert-OH is 1. The smallest absolute Gasteiger partial charge is 0.408 e. The number of alkyl halides is 2. The molecular weight excluding hydrogens is 736 g/mol. The summed E-state index contributed by atoms with van der Waals surface area (Å²) < 4.78 is 39.8. The number of carbonyl (C=O) groups is 5. The summed E-state index contributed by atoms with van der Waals surface area (Å²) in [4.78, 5) is 68.3. The van der Waals surface area contributed by atoms with E-state index < -0.39 is 89.1 Å². The van der Waals surface area contributed by atoms with Crippen LogP contribution in [0.15, 0.2) is 60.7 Å². The second kappa shape index (κ2) is 21.4. The Balaban J connectivity index is 2.04. The minimum Gasteiger partial charge on any atom is -0.444 e. The van der Waals surface area contributed by atoms with E-state index in [1.54, 1.807) is 95.3 Å². The molecule has 0 saturated heterocycles. The van der Waals surface area contributed by atoms with Crippen molar-refractivity contribution in [3.8, 4) is 0 Å². The highest BCUT2D eigenvalue weighted by Gasteiger charge is 2.56. The number of Topliss-reactive ketones (excluding diaryl/α,β-unsaturated/α-hetero) is 1. The van der Waals surface area contributed by atoms with Gasteiger partial charge in [-0.3, -0.25) is 19.2 Å². The summed E-state index contributed by atoms with van der Waals surface area (Å²) in [6.07, 6.45) is 0.167. The van der Waals surface area contributed by atoms with E-state index in [2.05, 4.69) is 21.3 Å². The number of nitrogens with one attached hydrogen (secondary N) is 4. The maximum atomic E-state index is 17.2. The fraction of sp³-hybridized carbons (Fsp3) is 0.605. The molecule has 4 unspecified atom stereocenters. The minimum atomic E-state index is -4.43. The fourth-order valence-electron chi connectivity index (χ4n) is 7.01. The average molecular weight is 800 g/mol. The average Bonchev–Trinajstić information content (AvgIpc) is 3.15. The summed E-state index contributed by atoms with van der Waals surface area (Å²) >= 11 is 0. The molecule has 0 spiro atoms. The Morgan fingerprint density at radius 1 is 0.789 bits per heavy atom. The Bertz CT molecular complexity index is 1610. The van der Waals surface area contributed by atoms with Gasteiger partial charge in [0, 0.05) is 13.0 Å². The highest BCUT2D eigenvalue weighted by atomic mass is 19.3. The van der Waals surface area contributed by atoms with Crippen LogP contribution < -0.4 is 27.0 Å². The third-order valence-corrected chi connectivity index (χ3v) is 10.2. The lowest BCUT2D eigenvalue weighted by Crippen LogP contribution is -2.66. The number of nitrogens with two attached hydrogens (primary N) is 1. The molecule has 0 aromatic heterocycles. The van der Waals surface area contributed by atoms with E-state index in [1.165, 1.54) is 13.8 Å². The lowest BCUT2D eigenvalue weighted by molar-refractivity contribution is -0.168. The molecule has 3 rings (SSSR count). The molecule has 0 bridgehead atoms. The van der Waals surface area contributed by atoms with Crippen LogP contribution in [0.25, 0.3) is 0 Å². The summed E-state index contributed by atoms with van der Waals surface area (Å²) in [6.45, 7) is 11.2. The number of rotatable bonds is 19. The summed E-state index contributed by atoms with van der Waals surface area (Å²) in [6, 6.07) is 10.6. The van der Waals surface area contributed by atoms with Gasteiger partial charge in [-0.25, -0.2) is 13.6 Å². The Morgan fingerprint density at radius 2 is 1.35 bits per heavy atom. The van der Waals surface area contributed by atoms with Crippen molar-refractivity contribution in [2.24, 2.45) is 29.4 Å². The highest BCUT2D eigenvalue weighted by Crippen LogP contribution is 2.34. The maximum absolute atomic E-state index is 17.2. The van der Waals surface area contributed by atoms with Gasteiger partial charge >= 0.3 is 12.0 Å². The number of carbonyl (C=O) groups excluding carboxylic acids is 5. The van der Waals surface area contributed by atoms with Crippen molar-refractivity contribution in [2.75, 3.05) is 0 Å². The molecule has 1 aliphatic carbocycles. The number of hydrogen-bond acceptors (Lipinski definition) is 8. The van der Waals surface area contributed by atoms with Crippen molar-refractivity contribution in [1.29, 1.82) is 0 Å². The Morgan fingerprint density at radius 3 is 1.88 bits per heavy atom. The van der Waals surface area contributed by atoms with Crippen LogP contribution in [0.5, 0.6) is 0 Å². The molecule has 2 aromatic rings. The number of ether oxygens (including phenoxy) is 1. The predicted octanol–water partition coefficient (Wildman–Crippen LogP) is 5.20. The van der Waals surface area contributed by atoms with Crippen LogP contribution in [-0.2, 0) is 36.9 Å². The largest absolute Gasteiger partial charge is 0.444 e. The zero-order chi connectivity index (χ0) is 42.5. The molecule has 6 atom stereocenters. The number of aliphatic hydroxyl groups is 1. The zero-order valence-corrected chi connectivity index (χ0v) is 34.4. The number of halogens is 2. The summed E-state index contributed by atoms with van der Waals surface area (Å²) in [5.41, 5.74) is 6.51. The molecule has 7 N–H and O–H groups in total. The van der Waals surface area contributed by atoms with E-state index in [1.807, 2.05) is 0 Å². The standard InChI is InChI=1S/C43H63F2N5O7/c1-26(2)33(39(54)47-25-30-21-15-10-16-22-30)35(51)36(50-40(55)34(46)27(3)4)43(44,45)37(52)31(23-28-17-11-8-12-18-28)48-38(53)32(24-29-19-13-9-14-20-29)49-41(56)57-42(5,6)7/h9-10,13-16,19-22,26-28,31-34,36-37,52H,8,11-12,17-18,23-25,46H2,1-7H3,(H,47,54)(H,48,53)(H,49,56)(H,50,55)/t31?,32-,33?,34-,36?,37?/m0/s1. The predicted molar refractivity (Wildman–Crippen MR) is 214 cm³/mol. The molecular formula is C43H63F2N5O7. The van der Waals surface area contributed by atoms with Crippen molar-refractivity contribution < 1.29 is 42.6 Å². The van der Waals surface area contributed by atoms with E-state index in [0.717, 1.165) is 19.3 Å². The van der Waals surface area contributed by atoms with Crippen molar-refractivity contribution in [3.63, 3.8) is 0 Å². The fourth-order valence-corrected chi connectivity index (χ4v) is 7.01. The van der Waals surface area contributed by atoms with Gasteiger partial charge in [-0.15, -0.1) is 0 Å². The topological polar surface area (TPSA) is 189 Å². The van der Waals surface area contributed by atoms with E-state index in [4.69, 9.17) is 10.5 Å². The third kappa shape index (κ3) is 14.5. The number of hydrogen-bond donors (Lipinski definition) is 6. The quantitative estimate of drug-likeness (QED) is 0.105. The lowest BCUT2D eigenvalue weighted by atomic mass is 9.79. The van der Waals surface area contributed by atoms with E-state index in [0.29, 0.717) is 24.0 Å². The van der Waals surface area contributed by atoms with E-state index >= 15 is 8.78 Å². The van der Waals surface area contributed by atoms with Gasteiger partial charge in [0.1, 0.15) is 23.7 Å². The maximum Gasteiger partial charge on any atom is 0.408 e. The molecule has 14 heteroatoms. The second-order valence-electron chi connectivity index (χ2n) is 16.9. The van der Waals surface area contributed by atoms with Gasteiger partial charge in [0.25, 0.3) is 0 Å². The summed E-state index contributed by atoms with van der Waals surface area (Å²) in [5, 5.41) is 21.7. The molecule has 0 radical (unpaired) electrons. The molecule has 0 aliphatic heterocycles. The second-order valence-corrected chi connectivity index (χ2v) is 16.9. The summed E-state index contributed by atoms with van der Waals surface area (Å²) in [5.74, 6) is -11.6. The third-order valence-electron chi connectivity index (χ3n) is 10.2. The van der Waals surface area contributed by atoms with Crippen LogP contribution in [0.3, 0.4) is 0 Å². The van der Waals surface area contributed by atoms with Crippen molar-refractivity contribution in [3.05, 3.63) is 71.8 Å². The van der Waals surface area contributed by atoms with Crippen molar-refractivity contribution in [1.82, 2.24) is 21.3 Å². The van der Waals surface area contributed by atoms with Crippen molar-refractivity contribution in [2.45, 2.75) is 142 Å². The normalized spacial score (nSPS) is 17.1. The number of ketones is 1. The highest BCUT2D eigenvalue weighted by molar-refractivity contribution is 6.06. The molecule has 57 heavy (non-hydrogen) atoms.